The summed E-state index contributed by atoms with van der Waals surface area (Å²) in [6.45, 7) is 0. The van der Waals surface area contributed by atoms with Crippen molar-refractivity contribution >= 4 is 11.0 Å². The van der Waals surface area contributed by atoms with Crippen LogP contribution in [0.3, 0.4) is 0 Å². The Morgan fingerprint density at radius 2 is 2.36 bits per heavy atom. The molecule has 0 radical (unpaired) electrons. The molecule has 0 aliphatic rings. The number of aromatic amines is 1. The summed E-state index contributed by atoms with van der Waals surface area (Å²) in [5.74, 6) is 0.634. The third-order valence-electron chi connectivity index (χ3n) is 2.02. The summed E-state index contributed by atoms with van der Waals surface area (Å²) in [6, 6.07) is 1.91. The van der Waals surface area contributed by atoms with E-state index in [1.807, 2.05) is 18.5 Å². The van der Waals surface area contributed by atoms with Gasteiger partial charge in [-0.3, -0.25) is 4.57 Å². The fourth-order valence-electron chi connectivity index (χ4n) is 1.34. The summed E-state index contributed by atoms with van der Waals surface area (Å²) in [7, 11) is 0. The van der Waals surface area contributed by atoms with Crippen molar-refractivity contribution < 1.29 is 0 Å². The van der Waals surface area contributed by atoms with Crippen molar-refractivity contribution in [3.8, 4) is 5.95 Å². The molecule has 0 saturated heterocycles. The fourth-order valence-corrected chi connectivity index (χ4v) is 1.34. The second kappa shape index (κ2) is 2.66. The van der Waals surface area contributed by atoms with Gasteiger partial charge in [0, 0.05) is 18.6 Å². The zero-order valence-electron chi connectivity index (χ0n) is 7.25. The second-order valence-corrected chi connectivity index (χ2v) is 2.92. The third-order valence-corrected chi connectivity index (χ3v) is 2.02. The molecule has 3 heterocycles. The maximum Gasteiger partial charge on any atom is 0.235 e. The summed E-state index contributed by atoms with van der Waals surface area (Å²) in [5.41, 5.74) is 1.84. The van der Waals surface area contributed by atoms with Crippen LogP contribution in [0.25, 0.3) is 17.0 Å². The number of hydrogen-bond donors (Lipinski definition) is 1. The lowest BCUT2D eigenvalue weighted by Gasteiger charge is -1.98. The summed E-state index contributed by atoms with van der Waals surface area (Å²) >= 11 is 0. The Hall–Kier alpha value is -2.17. The molecule has 5 heteroatoms. The number of H-pyrrole nitrogens is 1. The fraction of sp³-hybridized carbons (Fsp3) is 0. The highest BCUT2D eigenvalue weighted by atomic mass is 15.2. The number of fused-ring (bicyclic) bond motifs is 1. The van der Waals surface area contributed by atoms with Gasteiger partial charge in [0.15, 0.2) is 0 Å². The highest BCUT2D eigenvalue weighted by Gasteiger charge is 2.01. The average Bonchev–Trinajstić information content (AvgIpc) is 2.88. The number of nitrogens with one attached hydrogen (secondary N) is 1. The van der Waals surface area contributed by atoms with E-state index >= 15 is 0 Å². The number of hydrogen-bond acceptors (Lipinski definition) is 3. The van der Waals surface area contributed by atoms with Crippen LogP contribution in [0.4, 0.5) is 0 Å². The lowest BCUT2D eigenvalue weighted by Crippen LogP contribution is -1.97. The number of aromatic nitrogens is 5. The van der Waals surface area contributed by atoms with Crippen LogP contribution in [0, 0.1) is 0 Å². The number of nitrogens with zero attached hydrogens (tertiary/aromatic N) is 4. The zero-order chi connectivity index (χ0) is 9.38. The maximum atomic E-state index is 4.36. The minimum Gasteiger partial charge on any atom is -0.359 e. The van der Waals surface area contributed by atoms with Gasteiger partial charge in [-0.1, -0.05) is 0 Å². The van der Waals surface area contributed by atoms with Crippen LogP contribution >= 0.6 is 0 Å². The van der Waals surface area contributed by atoms with Crippen LogP contribution in [-0.4, -0.2) is 24.5 Å². The molecule has 3 aromatic rings. The van der Waals surface area contributed by atoms with E-state index in [1.165, 1.54) is 0 Å². The molecule has 0 unspecified atom stereocenters. The highest BCUT2D eigenvalue weighted by Crippen LogP contribution is 2.09. The van der Waals surface area contributed by atoms with Crippen LogP contribution in [0.2, 0.25) is 0 Å². The molecule has 0 amide bonds. The molecule has 0 bridgehead atoms. The Kier molecular flexibility index (Phi) is 1.38. The minimum atomic E-state index is 0.634. The first kappa shape index (κ1) is 7.25. The van der Waals surface area contributed by atoms with Crippen LogP contribution in [0.5, 0.6) is 0 Å². The van der Waals surface area contributed by atoms with Crippen molar-refractivity contribution in [2.24, 2.45) is 0 Å². The Balaban J connectivity index is 2.23. The highest BCUT2D eigenvalue weighted by molar-refractivity contribution is 5.74. The monoisotopic (exact) mass is 185 g/mol. The first-order valence-electron chi connectivity index (χ1n) is 4.22. The lowest BCUT2D eigenvalue weighted by atomic mass is 10.5. The molecular formula is C9H7N5. The second-order valence-electron chi connectivity index (χ2n) is 2.92. The molecule has 5 nitrogen and oxygen atoms in total. The first-order chi connectivity index (χ1) is 6.93. The molecule has 1 N–H and O–H groups in total. The van der Waals surface area contributed by atoms with E-state index in [9.17, 15) is 0 Å². The van der Waals surface area contributed by atoms with E-state index in [0.29, 0.717) is 5.95 Å². The molecule has 68 valence electrons. The largest absolute Gasteiger partial charge is 0.359 e. The molecule has 0 spiro atoms. The Labute approximate surface area is 79.5 Å². The van der Waals surface area contributed by atoms with Crippen molar-refractivity contribution in [2.75, 3.05) is 0 Å². The molecule has 3 rings (SSSR count). The maximum absolute atomic E-state index is 4.36. The van der Waals surface area contributed by atoms with Crippen molar-refractivity contribution in [1.29, 1.82) is 0 Å². The van der Waals surface area contributed by atoms with E-state index in [1.54, 1.807) is 23.3 Å². The van der Waals surface area contributed by atoms with Gasteiger partial charge in [-0.25, -0.2) is 15.0 Å². The molecule has 0 aliphatic carbocycles. The third kappa shape index (κ3) is 0.990. The summed E-state index contributed by atoms with van der Waals surface area (Å²) in [4.78, 5) is 15.5. The van der Waals surface area contributed by atoms with Crippen molar-refractivity contribution in [1.82, 2.24) is 24.5 Å². The molecule has 0 saturated carbocycles. The van der Waals surface area contributed by atoms with Gasteiger partial charge in [-0.05, 0) is 6.07 Å². The molecular weight excluding hydrogens is 178 g/mol. The normalized spacial score (nSPS) is 10.9. The van der Waals surface area contributed by atoms with E-state index in [4.69, 9.17) is 0 Å². The smallest absolute Gasteiger partial charge is 0.235 e. The van der Waals surface area contributed by atoms with Gasteiger partial charge in [0.25, 0.3) is 0 Å². The SMILES string of the molecule is c1cn(-c2ncc3[nH]ccc3n2)cn1. The van der Waals surface area contributed by atoms with Gasteiger partial charge in [-0.15, -0.1) is 0 Å². The Bertz CT molecular complexity index is 551. The van der Waals surface area contributed by atoms with Crippen molar-refractivity contribution in [3.05, 3.63) is 37.2 Å². The van der Waals surface area contributed by atoms with E-state index in [0.717, 1.165) is 11.0 Å². The van der Waals surface area contributed by atoms with Crippen molar-refractivity contribution in [3.63, 3.8) is 0 Å². The van der Waals surface area contributed by atoms with Crippen LogP contribution in [-0.2, 0) is 0 Å². The summed E-state index contributed by atoms with van der Waals surface area (Å²) < 4.78 is 1.77. The van der Waals surface area contributed by atoms with E-state index in [2.05, 4.69) is 19.9 Å². The summed E-state index contributed by atoms with van der Waals surface area (Å²) in [6.07, 6.45) is 8.79. The lowest BCUT2D eigenvalue weighted by molar-refractivity contribution is 0.940. The number of rotatable bonds is 1. The van der Waals surface area contributed by atoms with Gasteiger partial charge < -0.3 is 4.98 Å². The first-order valence-corrected chi connectivity index (χ1v) is 4.22. The summed E-state index contributed by atoms with van der Waals surface area (Å²) in [5, 5.41) is 0. The number of imidazole rings is 1. The quantitative estimate of drug-likeness (QED) is 0.618. The predicted octanol–water partition coefficient (Wildman–Crippen LogP) is 1.14. The van der Waals surface area contributed by atoms with Crippen LogP contribution < -0.4 is 0 Å². The zero-order valence-corrected chi connectivity index (χ0v) is 7.25. The standard InChI is InChI=1S/C9H7N5/c1-2-11-8-5-12-9(13-7(1)8)14-4-3-10-6-14/h1-6,11H. The minimum absolute atomic E-state index is 0.634. The van der Waals surface area contributed by atoms with Gasteiger partial charge in [0.2, 0.25) is 5.95 Å². The molecule has 0 atom stereocenters. The van der Waals surface area contributed by atoms with Crippen molar-refractivity contribution in [2.45, 2.75) is 0 Å². The topological polar surface area (TPSA) is 59.4 Å². The van der Waals surface area contributed by atoms with Gasteiger partial charge in [0.05, 0.1) is 17.2 Å². The molecule has 0 fully saturated rings. The van der Waals surface area contributed by atoms with E-state index in [-0.39, 0.29) is 0 Å². The molecule has 3 aromatic heterocycles. The molecule has 0 aliphatic heterocycles. The van der Waals surface area contributed by atoms with Crippen LogP contribution in [0.15, 0.2) is 37.2 Å². The molecule has 0 aromatic carbocycles. The Morgan fingerprint density at radius 1 is 1.36 bits per heavy atom. The van der Waals surface area contributed by atoms with E-state index < -0.39 is 0 Å². The average molecular weight is 185 g/mol. The Morgan fingerprint density at radius 3 is 3.21 bits per heavy atom. The van der Waals surface area contributed by atoms with Gasteiger partial charge in [0.1, 0.15) is 6.33 Å². The van der Waals surface area contributed by atoms with Crippen LogP contribution in [0.1, 0.15) is 0 Å². The predicted molar refractivity (Wildman–Crippen MR) is 51.0 cm³/mol. The molecule has 14 heavy (non-hydrogen) atoms. The van der Waals surface area contributed by atoms with Gasteiger partial charge in [-0.2, -0.15) is 0 Å². The van der Waals surface area contributed by atoms with Gasteiger partial charge >= 0.3 is 0 Å².